The van der Waals surface area contributed by atoms with E-state index in [-0.39, 0.29) is 0 Å². The highest BCUT2D eigenvalue weighted by Crippen LogP contribution is 2.29. The van der Waals surface area contributed by atoms with Crippen molar-refractivity contribution in [1.29, 1.82) is 0 Å². The van der Waals surface area contributed by atoms with Crippen molar-refractivity contribution in [3.8, 4) is 0 Å². The third kappa shape index (κ3) is 2.51. The first-order chi connectivity index (χ1) is 8.03. The molecule has 0 saturated heterocycles. The van der Waals surface area contributed by atoms with Gasteiger partial charge in [-0.15, -0.1) is 0 Å². The molecule has 2 aromatic heterocycles. The lowest BCUT2D eigenvalue weighted by Gasteiger charge is -2.21. The molecule has 0 spiro atoms. The number of pyridine rings is 1. The van der Waals surface area contributed by atoms with E-state index in [1.54, 1.807) is 0 Å². The monoisotopic (exact) mass is 230 g/mol. The van der Waals surface area contributed by atoms with Gasteiger partial charge in [-0.05, 0) is 29.9 Å². The first kappa shape index (κ1) is 12.2. The predicted molar refractivity (Wildman–Crippen MR) is 73.1 cm³/mol. The van der Waals surface area contributed by atoms with Crippen LogP contribution in [0.15, 0.2) is 24.7 Å². The molecule has 0 unspecified atom stereocenters. The van der Waals surface area contributed by atoms with Crippen molar-refractivity contribution in [2.45, 2.75) is 40.0 Å². The second kappa shape index (κ2) is 4.52. The Labute approximate surface area is 104 Å². The minimum atomic E-state index is 0.435. The van der Waals surface area contributed by atoms with E-state index in [0.717, 1.165) is 6.42 Å². The topological polar surface area (TPSA) is 17.8 Å². The van der Waals surface area contributed by atoms with Gasteiger partial charge in [-0.1, -0.05) is 27.2 Å². The van der Waals surface area contributed by atoms with E-state index in [0.29, 0.717) is 5.41 Å². The van der Waals surface area contributed by atoms with Crippen LogP contribution >= 0.6 is 0 Å². The molecule has 0 radical (unpaired) electrons. The average molecular weight is 230 g/mol. The zero-order valence-corrected chi connectivity index (χ0v) is 11.3. The van der Waals surface area contributed by atoms with Gasteiger partial charge in [-0.3, -0.25) is 4.98 Å². The lowest BCUT2D eigenvalue weighted by Crippen LogP contribution is -2.10. The van der Waals surface area contributed by atoms with Crippen molar-refractivity contribution < 1.29 is 0 Å². The first-order valence-electron chi connectivity index (χ1n) is 6.41. The van der Waals surface area contributed by atoms with Crippen molar-refractivity contribution in [3.63, 3.8) is 0 Å². The standard InChI is InChI=1S/C15H22N2/c1-5-15(2,3)8-6-12-11-17(4)14-7-9-16-10-13(12)14/h7,9-11H,5-6,8H2,1-4H3. The maximum absolute atomic E-state index is 4.24. The highest BCUT2D eigenvalue weighted by atomic mass is 14.9. The van der Waals surface area contributed by atoms with Gasteiger partial charge >= 0.3 is 0 Å². The number of aryl methyl sites for hydroxylation is 2. The molecule has 2 nitrogen and oxygen atoms in total. The molecule has 0 aromatic carbocycles. The van der Waals surface area contributed by atoms with Crippen LogP contribution in [-0.2, 0) is 13.5 Å². The Morgan fingerprint density at radius 1 is 1.35 bits per heavy atom. The van der Waals surface area contributed by atoms with Crippen LogP contribution in [-0.4, -0.2) is 9.55 Å². The van der Waals surface area contributed by atoms with Crippen LogP contribution < -0.4 is 0 Å². The Bertz CT molecular complexity index is 509. The number of hydrogen-bond donors (Lipinski definition) is 0. The van der Waals surface area contributed by atoms with Gasteiger partial charge in [0.2, 0.25) is 0 Å². The Kier molecular flexibility index (Phi) is 3.23. The minimum Gasteiger partial charge on any atom is -0.350 e. The van der Waals surface area contributed by atoms with Crippen molar-refractivity contribution >= 4 is 10.9 Å². The van der Waals surface area contributed by atoms with E-state index in [1.807, 2.05) is 12.4 Å². The molecule has 0 bridgehead atoms. The molecule has 0 fully saturated rings. The van der Waals surface area contributed by atoms with E-state index < -0.39 is 0 Å². The molecule has 0 aliphatic heterocycles. The van der Waals surface area contributed by atoms with Crippen molar-refractivity contribution in [2.24, 2.45) is 12.5 Å². The molecule has 2 heterocycles. The first-order valence-corrected chi connectivity index (χ1v) is 6.41. The quantitative estimate of drug-likeness (QED) is 0.778. The molecule has 0 N–H and O–H groups in total. The summed E-state index contributed by atoms with van der Waals surface area (Å²) in [7, 11) is 2.11. The zero-order chi connectivity index (χ0) is 12.5. The van der Waals surface area contributed by atoms with Gasteiger partial charge < -0.3 is 4.57 Å². The molecule has 92 valence electrons. The van der Waals surface area contributed by atoms with Gasteiger partial charge in [-0.25, -0.2) is 0 Å². The lowest BCUT2D eigenvalue weighted by molar-refractivity contribution is 0.323. The molecule has 2 rings (SSSR count). The van der Waals surface area contributed by atoms with Crippen LogP contribution in [0.25, 0.3) is 10.9 Å². The van der Waals surface area contributed by atoms with Crippen LogP contribution in [0.5, 0.6) is 0 Å². The van der Waals surface area contributed by atoms with Crippen LogP contribution in [0.4, 0.5) is 0 Å². The number of fused-ring (bicyclic) bond motifs is 1. The van der Waals surface area contributed by atoms with Gasteiger partial charge in [0.05, 0.1) is 5.52 Å². The predicted octanol–water partition coefficient (Wildman–Crippen LogP) is 3.94. The van der Waals surface area contributed by atoms with Crippen LogP contribution in [0, 0.1) is 5.41 Å². The molecule has 17 heavy (non-hydrogen) atoms. The third-order valence-corrected chi connectivity index (χ3v) is 3.90. The highest BCUT2D eigenvalue weighted by Gasteiger charge is 2.16. The molecule has 2 heteroatoms. The largest absolute Gasteiger partial charge is 0.350 e. The number of rotatable bonds is 4. The summed E-state index contributed by atoms with van der Waals surface area (Å²) >= 11 is 0. The summed E-state index contributed by atoms with van der Waals surface area (Å²) in [6, 6.07) is 2.09. The maximum atomic E-state index is 4.24. The fourth-order valence-corrected chi connectivity index (χ4v) is 2.16. The van der Waals surface area contributed by atoms with Crippen LogP contribution in [0.1, 0.15) is 39.2 Å². The van der Waals surface area contributed by atoms with E-state index >= 15 is 0 Å². The summed E-state index contributed by atoms with van der Waals surface area (Å²) in [6.45, 7) is 6.96. The summed E-state index contributed by atoms with van der Waals surface area (Å²) in [5.74, 6) is 0. The lowest BCUT2D eigenvalue weighted by atomic mass is 9.84. The summed E-state index contributed by atoms with van der Waals surface area (Å²) in [4.78, 5) is 4.24. The second-order valence-corrected chi connectivity index (χ2v) is 5.68. The Hall–Kier alpha value is -1.31. The summed E-state index contributed by atoms with van der Waals surface area (Å²) in [5.41, 5.74) is 3.14. The fourth-order valence-electron chi connectivity index (χ4n) is 2.16. The van der Waals surface area contributed by atoms with E-state index in [4.69, 9.17) is 0 Å². The SMILES string of the molecule is CCC(C)(C)CCc1cn(C)c2ccncc12. The van der Waals surface area contributed by atoms with Gasteiger partial charge in [0.25, 0.3) is 0 Å². The number of aromatic nitrogens is 2. The number of nitrogens with zero attached hydrogens (tertiary/aromatic N) is 2. The van der Waals surface area contributed by atoms with E-state index in [2.05, 4.69) is 49.6 Å². The van der Waals surface area contributed by atoms with E-state index in [9.17, 15) is 0 Å². The molecule has 0 saturated carbocycles. The van der Waals surface area contributed by atoms with Gasteiger partial charge in [-0.2, -0.15) is 0 Å². The molecular formula is C15H22N2. The molecule has 0 atom stereocenters. The van der Waals surface area contributed by atoms with Gasteiger partial charge in [0.15, 0.2) is 0 Å². The van der Waals surface area contributed by atoms with Crippen LogP contribution in [0.3, 0.4) is 0 Å². The van der Waals surface area contributed by atoms with Gasteiger partial charge in [0.1, 0.15) is 0 Å². The fraction of sp³-hybridized carbons (Fsp3) is 0.533. The summed E-state index contributed by atoms with van der Waals surface area (Å²) in [6.07, 6.45) is 9.71. The smallest absolute Gasteiger partial charge is 0.0511 e. The second-order valence-electron chi connectivity index (χ2n) is 5.68. The van der Waals surface area contributed by atoms with Crippen LogP contribution in [0.2, 0.25) is 0 Å². The normalized spacial score (nSPS) is 12.2. The minimum absolute atomic E-state index is 0.435. The Morgan fingerprint density at radius 3 is 2.82 bits per heavy atom. The Balaban J connectivity index is 2.25. The average Bonchev–Trinajstić information content (AvgIpc) is 2.65. The zero-order valence-electron chi connectivity index (χ0n) is 11.3. The van der Waals surface area contributed by atoms with Crippen molar-refractivity contribution in [1.82, 2.24) is 9.55 Å². The molecular weight excluding hydrogens is 208 g/mol. The maximum Gasteiger partial charge on any atom is 0.0511 e. The highest BCUT2D eigenvalue weighted by molar-refractivity contribution is 5.82. The third-order valence-electron chi connectivity index (χ3n) is 3.90. The molecule has 0 aliphatic rings. The van der Waals surface area contributed by atoms with Crippen molar-refractivity contribution in [3.05, 3.63) is 30.2 Å². The van der Waals surface area contributed by atoms with Crippen molar-refractivity contribution in [2.75, 3.05) is 0 Å². The summed E-state index contributed by atoms with van der Waals surface area (Å²) in [5, 5.41) is 1.31. The van der Waals surface area contributed by atoms with Gasteiger partial charge in [0, 0.05) is 31.0 Å². The number of hydrogen-bond acceptors (Lipinski definition) is 1. The molecule has 0 amide bonds. The summed E-state index contributed by atoms with van der Waals surface area (Å²) < 4.78 is 2.20. The Morgan fingerprint density at radius 2 is 2.12 bits per heavy atom. The molecule has 0 aliphatic carbocycles. The molecule has 2 aromatic rings. The van der Waals surface area contributed by atoms with E-state index in [1.165, 1.54) is 29.3 Å².